The highest BCUT2D eigenvalue weighted by Crippen LogP contribution is 2.39. The number of benzene rings is 3. The number of pyridine rings is 1. The number of carbonyl (C=O) groups is 2. The highest BCUT2D eigenvalue weighted by Gasteiger charge is 2.32. The van der Waals surface area contributed by atoms with Gasteiger partial charge in [0, 0.05) is 74.3 Å². The molecule has 1 aromatic heterocycles. The lowest BCUT2D eigenvalue weighted by molar-refractivity contribution is -0.146. The highest BCUT2D eigenvalue weighted by molar-refractivity contribution is 6.35. The predicted molar refractivity (Wildman–Crippen MR) is 209 cm³/mol. The molecule has 1 aliphatic heterocycles. The van der Waals surface area contributed by atoms with E-state index in [9.17, 15) is 25.1 Å². The third kappa shape index (κ3) is 10.9. The molecule has 1 aliphatic rings. The summed E-state index contributed by atoms with van der Waals surface area (Å²) < 4.78 is 18.5. The molecule has 0 saturated carbocycles. The summed E-state index contributed by atoms with van der Waals surface area (Å²) in [5.74, 6) is 0.0909. The molecule has 4 N–H and O–H groups in total. The van der Waals surface area contributed by atoms with Crippen LogP contribution in [-0.2, 0) is 29.3 Å². The van der Waals surface area contributed by atoms with Crippen molar-refractivity contribution >= 4 is 35.1 Å². The van der Waals surface area contributed by atoms with Crippen molar-refractivity contribution in [2.75, 3.05) is 32.8 Å². The number of hydrogen-bond acceptors (Lipinski definition) is 10. The zero-order valence-electron chi connectivity index (χ0n) is 31.0. The molecule has 0 spiro atoms. The van der Waals surface area contributed by atoms with E-state index in [1.807, 2.05) is 43.3 Å². The Hall–Kier alpha value is -4.90. The van der Waals surface area contributed by atoms with Crippen molar-refractivity contribution < 1.29 is 34.0 Å². The summed E-state index contributed by atoms with van der Waals surface area (Å²) >= 11 is 13.6. The van der Waals surface area contributed by atoms with Gasteiger partial charge in [0.05, 0.1) is 28.8 Å². The van der Waals surface area contributed by atoms with E-state index in [1.54, 1.807) is 31.3 Å². The summed E-state index contributed by atoms with van der Waals surface area (Å²) in [7, 11) is 0. The van der Waals surface area contributed by atoms with Crippen LogP contribution in [0.2, 0.25) is 10.0 Å². The first kappa shape index (κ1) is 41.3. The van der Waals surface area contributed by atoms with Gasteiger partial charge >= 0.3 is 5.97 Å². The largest absolute Gasteiger partial charge is 0.492 e. The number of carboxylic acids is 1. The SMILES string of the molecule is CC(=O)NC1CCN(CCCOc2cccc(-c3cccc(COc4cc(OCc5cncc(C#N)c5)c(CNC(C)(CO)C(=O)O)cc4Cl)c3C)c2Cl)C1. The van der Waals surface area contributed by atoms with Crippen LogP contribution < -0.4 is 24.8 Å². The van der Waals surface area contributed by atoms with Crippen LogP contribution in [0.1, 0.15) is 54.5 Å². The number of aliphatic carboxylic acids is 1. The zero-order valence-corrected chi connectivity index (χ0v) is 32.5. The molecule has 0 radical (unpaired) electrons. The maximum atomic E-state index is 11.8. The number of ether oxygens (including phenoxy) is 3. The van der Waals surface area contributed by atoms with Crippen LogP contribution in [0.25, 0.3) is 11.1 Å². The Balaban J connectivity index is 1.28. The number of amides is 1. The summed E-state index contributed by atoms with van der Waals surface area (Å²) in [6.45, 7) is 7.69. The van der Waals surface area contributed by atoms with Gasteiger partial charge in [-0.2, -0.15) is 5.26 Å². The number of aliphatic hydroxyl groups excluding tert-OH is 1. The minimum atomic E-state index is -1.60. The van der Waals surface area contributed by atoms with Gasteiger partial charge in [0.15, 0.2) is 0 Å². The van der Waals surface area contributed by atoms with Gasteiger partial charge in [-0.05, 0) is 61.6 Å². The van der Waals surface area contributed by atoms with Crippen LogP contribution in [0, 0.1) is 18.3 Å². The smallest absolute Gasteiger partial charge is 0.326 e. The van der Waals surface area contributed by atoms with E-state index in [4.69, 9.17) is 37.4 Å². The van der Waals surface area contributed by atoms with Gasteiger partial charge in [0.2, 0.25) is 5.91 Å². The molecule has 3 aromatic carbocycles. The maximum absolute atomic E-state index is 11.8. The van der Waals surface area contributed by atoms with E-state index in [0.717, 1.165) is 54.7 Å². The molecule has 2 atom stereocenters. The number of carbonyl (C=O) groups excluding carboxylic acids is 1. The minimum Gasteiger partial charge on any atom is -0.492 e. The molecule has 1 fully saturated rings. The Morgan fingerprint density at radius 1 is 1.02 bits per heavy atom. The molecular formula is C41H45Cl2N5O7. The highest BCUT2D eigenvalue weighted by atomic mass is 35.5. The molecule has 1 saturated heterocycles. The molecule has 2 unspecified atom stereocenters. The van der Waals surface area contributed by atoms with Gasteiger partial charge in [-0.1, -0.05) is 53.5 Å². The lowest BCUT2D eigenvalue weighted by Gasteiger charge is -2.25. The Morgan fingerprint density at radius 3 is 2.53 bits per heavy atom. The number of carboxylic acid groups (broad SMARTS) is 1. The second kappa shape index (κ2) is 19.1. The van der Waals surface area contributed by atoms with Crippen LogP contribution in [-0.4, -0.2) is 76.4 Å². The Kier molecular flexibility index (Phi) is 14.3. The Bertz CT molecular complexity index is 2040. The Labute approximate surface area is 330 Å². The molecule has 1 amide bonds. The molecular weight excluding hydrogens is 745 g/mol. The van der Waals surface area contributed by atoms with E-state index in [2.05, 4.69) is 26.6 Å². The summed E-state index contributed by atoms with van der Waals surface area (Å²) in [4.78, 5) is 29.6. The number of nitriles is 1. The number of aliphatic hydroxyl groups is 1. The second-order valence-electron chi connectivity index (χ2n) is 13.7. The third-order valence-corrected chi connectivity index (χ3v) is 10.2. The van der Waals surface area contributed by atoms with Crippen molar-refractivity contribution in [2.45, 2.75) is 65.0 Å². The lowest BCUT2D eigenvalue weighted by atomic mass is 9.96. The average Bonchev–Trinajstić information content (AvgIpc) is 3.62. The van der Waals surface area contributed by atoms with Crippen molar-refractivity contribution in [1.29, 1.82) is 5.26 Å². The lowest BCUT2D eigenvalue weighted by Crippen LogP contribution is -2.52. The summed E-state index contributed by atoms with van der Waals surface area (Å²) in [5.41, 5.74) is 3.57. The monoisotopic (exact) mass is 789 g/mol. The maximum Gasteiger partial charge on any atom is 0.326 e. The fourth-order valence-electron chi connectivity index (χ4n) is 6.27. The minimum absolute atomic E-state index is 0.00107. The van der Waals surface area contributed by atoms with Crippen LogP contribution in [0.4, 0.5) is 0 Å². The number of halogens is 2. The number of nitrogens with one attached hydrogen (secondary N) is 2. The van der Waals surface area contributed by atoms with Crippen molar-refractivity contribution in [3.05, 3.63) is 105 Å². The number of likely N-dealkylation sites (tertiary alicyclic amines) is 1. The normalized spacial score (nSPS) is 15.2. The van der Waals surface area contributed by atoms with Gasteiger partial charge in [-0.25, -0.2) is 0 Å². The second-order valence-corrected chi connectivity index (χ2v) is 14.5. The molecule has 14 heteroatoms. The topological polar surface area (TPSA) is 166 Å². The molecule has 5 rings (SSSR count). The van der Waals surface area contributed by atoms with Gasteiger partial charge in [0.1, 0.15) is 42.1 Å². The standard InChI is InChI=1S/C41H45Cl2N5O7/c1-26-30(7-4-8-33(26)34-9-5-10-36(39(34)43)53-14-6-12-48-13-11-32(22-48)47-27(2)50)24-55-38-17-37(54-23-29-15-28(18-44)19-45-20-29)31(16-35(38)42)21-46-41(3,25-49)40(51)52/h4-5,7-10,15-17,19-20,32,46,49H,6,11-14,21-25H2,1-3H3,(H,47,50)(H,51,52). The van der Waals surface area contributed by atoms with Crippen molar-refractivity contribution in [3.63, 3.8) is 0 Å². The molecule has 12 nitrogen and oxygen atoms in total. The van der Waals surface area contributed by atoms with Crippen LogP contribution in [0.15, 0.2) is 67.0 Å². The summed E-state index contributed by atoms with van der Waals surface area (Å²) in [5, 5.41) is 35.3. The molecule has 4 aromatic rings. The van der Waals surface area contributed by atoms with E-state index in [-0.39, 0.29) is 36.7 Å². The van der Waals surface area contributed by atoms with Crippen LogP contribution in [0.3, 0.4) is 0 Å². The van der Waals surface area contributed by atoms with Gasteiger partial charge in [-0.15, -0.1) is 0 Å². The molecule has 55 heavy (non-hydrogen) atoms. The van der Waals surface area contributed by atoms with Gasteiger partial charge in [0.25, 0.3) is 0 Å². The van der Waals surface area contributed by atoms with E-state index in [1.165, 1.54) is 13.1 Å². The number of rotatable bonds is 18. The number of aromatic nitrogens is 1. The molecule has 2 heterocycles. The van der Waals surface area contributed by atoms with Crippen molar-refractivity contribution in [3.8, 4) is 34.4 Å². The van der Waals surface area contributed by atoms with E-state index in [0.29, 0.717) is 45.6 Å². The molecule has 290 valence electrons. The number of nitrogens with zero attached hydrogens (tertiary/aromatic N) is 3. The van der Waals surface area contributed by atoms with Crippen molar-refractivity contribution in [1.82, 2.24) is 20.5 Å². The first-order valence-electron chi connectivity index (χ1n) is 17.9. The molecule has 0 bridgehead atoms. The van der Waals surface area contributed by atoms with Gasteiger partial charge in [-0.3, -0.25) is 19.9 Å². The van der Waals surface area contributed by atoms with Crippen LogP contribution >= 0.6 is 23.2 Å². The molecule has 0 aliphatic carbocycles. The average molecular weight is 791 g/mol. The van der Waals surface area contributed by atoms with Crippen LogP contribution in [0.5, 0.6) is 17.2 Å². The quantitative estimate of drug-likeness (QED) is 0.0837. The number of hydrogen-bond donors (Lipinski definition) is 4. The third-order valence-electron chi connectivity index (χ3n) is 9.53. The van der Waals surface area contributed by atoms with E-state index >= 15 is 0 Å². The summed E-state index contributed by atoms with van der Waals surface area (Å²) in [6, 6.07) is 18.8. The first-order valence-corrected chi connectivity index (χ1v) is 18.7. The fraction of sp³-hybridized carbons (Fsp3) is 0.366. The fourth-order valence-corrected chi connectivity index (χ4v) is 6.79. The first-order chi connectivity index (χ1) is 26.4. The Morgan fingerprint density at radius 2 is 1.78 bits per heavy atom. The van der Waals surface area contributed by atoms with Crippen molar-refractivity contribution in [2.24, 2.45) is 0 Å². The predicted octanol–water partition coefficient (Wildman–Crippen LogP) is 6.30. The zero-order chi connectivity index (χ0) is 39.5. The van der Waals surface area contributed by atoms with Gasteiger partial charge < -0.3 is 34.6 Å². The van der Waals surface area contributed by atoms with E-state index < -0.39 is 18.1 Å². The summed E-state index contributed by atoms with van der Waals surface area (Å²) in [6.07, 6.45) is 4.81.